The molecule has 2 aromatic heterocycles. The number of aromatic nitrogens is 2. The predicted molar refractivity (Wildman–Crippen MR) is 101 cm³/mol. The topological polar surface area (TPSA) is 29.0 Å². The fourth-order valence-corrected chi connectivity index (χ4v) is 3.66. The second-order valence-electron chi connectivity index (χ2n) is 6.03. The summed E-state index contributed by atoms with van der Waals surface area (Å²) in [7, 11) is 0. The molecule has 3 heterocycles. The molecule has 3 rings (SSSR count). The van der Waals surface area contributed by atoms with Crippen molar-refractivity contribution in [2.45, 2.75) is 23.9 Å². The summed E-state index contributed by atoms with van der Waals surface area (Å²) in [4.78, 5) is 10.4. The average Bonchev–Trinajstić information content (AvgIpc) is 2.62. The molecule has 0 atom stereocenters. The maximum absolute atomic E-state index is 13.5. The third-order valence-electron chi connectivity index (χ3n) is 4.05. The van der Waals surface area contributed by atoms with E-state index in [0.717, 1.165) is 15.5 Å². The zero-order chi connectivity index (χ0) is 20.5. The van der Waals surface area contributed by atoms with Gasteiger partial charge in [0.25, 0.3) is 0 Å². The Balaban J connectivity index is 1.97. The Morgan fingerprint density at radius 1 is 1.21 bits per heavy atom. The molecule has 28 heavy (non-hydrogen) atoms. The van der Waals surface area contributed by atoms with Gasteiger partial charge in [-0.2, -0.15) is 22.0 Å². The number of fused-ring (bicyclic) bond motifs is 1. The van der Waals surface area contributed by atoms with E-state index in [0.29, 0.717) is 17.0 Å². The van der Waals surface area contributed by atoms with Crippen LogP contribution in [0.1, 0.15) is 12.5 Å². The molecule has 0 fully saturated rings. The van der Waals surface area contributed by atoms with E-state index in [-0.39, 0.29) is 17.4 Å². The van der Waals surface area contributed by atoms with Gasteiger partial charge in [-0.25, -0.2) is 4.98 Å². The number of alkyl halides is 5. The average molecular weight is 436 g/mol. The lowest BCUT2D eigenvalue weighted by Gasteiger charge is -2.32. The molecule has 0 saturated carbocycles. The van der Waals surface area contributed by atoms with Crippen LogP contribution >= 0.6 is 23.4 Å². The summed E-state index contributed by atoms with van der Waals surface area (Å²) >= 11 is 7.53. The number of hydrogen-bond acceptors (Lipinski definition) is 4. The second kappa shape index (κ2) is 7.87. The molecule has 0 N–H and O–H groups in total. The van der Waals surface area contributed by atoms with E-state index in [1.54, 1.807) is 30.0 Å². The zero-order valence-corrected chi connectivity index (χ0v) is 16.2. The van der Waals surface area contributed by atoms with Gasteiger partial charge in [0.2, 0.25) is 0 Å². The summed E-state index contributed by atoms with van der Waals surface area (Å²) in [5, 5.41) is 0.275. The maximum atomic E-state index is 13.5. The van der Waals surface area contributed by atoms with Crippen LogP contribution in [0.15, 0.2) is 35.4 Å². The van der Waals surface area contributed by atoms with Crippen LogP contribution in [0, 0.1) is 0 Å². The van der Waals surface area contributed by atoms with Crippen molar-refractivity contribution in [2.75, 3.05) is 23.7 Å². The quantitative estimate of drug-likeness (QED) is 0.330. The van der Waals surface area contributed by atoms with Gasteiger partial charge in [0.1, 0.15) is 10.8 Å². The van der Waals surface area contributed by atoms with Crippen LogP contribution in [0.25, 0.3) is 17.5 Å². The fourth-order valence-electron chi connectivity index (χ4n) is 2.75. The molecule has 10 heteroatoms. The fraction of sp³-hybridized carbons (Fsp3) is 0.333. The molecule has 0 bridgehead atoms. The highest BCUT2D eigenvalue weighted by molar-refractivity contribution is 7.99. The highest BCUT2D eigenvalue weighted by Gasteiger charge is 2.58. The molecule has 1 aliphatic heterocycles. The molecule has 0 unspecified atom stereocenters. The van der Waals surface area contributed by atoms with Crippen LogP contribution in [0.4, 0.5) is 27.6 Å². The molecular formula is C18H15ClF5N3S. The van der Waals surface area contributed by atoms with E-state index in [9.17, 15) is 22.0 Å². The highest BCUT2D eigenvalue weighted by atomic mass is 35.5. The molecule has 0 aliphatic carbocycles. The van der Waals surface area contributed by atoms with Crippen molar-refractivity contribution >= 4 is 35.1 Å². The zero-order valence-electron chi connectivity index (χ0n) is 14.6. The van der Waals surface area contributed by atoms with E-state index in [2.05, 4.69) is 9.97 Å². The van der Waals surface area contributed by atoms with Crippen LogP contribution in [-0.2, 0) is 0 Å². The summed E-state index contributed by atoms with van der Waals surface area (Å²) in [6.45, 7) is 0.443. The number of nitrogens with zero attached hydrogens (tertiary/aromatic N) is 3. The van der Waals surface area contributed by atoms with Gasteiger partial charge in [0, 0.05) is 17.0 Å². The Morgan fingerprint density at radius 3 is 2.64 bits per heavy atom. The lowest BCUT2D eigenvalue weighted by Crippen LogP contribution is -2.47. The lowest BCUT2D eigenvalue weighted by molar-refractivity contribution is -0.277. The molecule has 0 saturated heterocycles. The van der Waals surface area contributed by atoms with Gasteiger partial charge in [-0.3, -0.25) is 4.98 Å². The van der Waals surface area contributed by atoms with Crippen LogP contribution in [-0.4, -0.2) is 40.9 Å². The predicted octanol–water partition coefficient (Wildman–Crippen LogP) is 5.94. The second-order valence-corrected chi connectivity index (χ2v) is 7.72. The van der Waals surface area contributed by atoms with Crippen molar-refractivity contribution in [1.82, 2.24) is 9.97 Å². The molecule has 1 aliphatic rings. The molecule has 2 aromatic rings. The van der Waals surface area contributed by atoms with Crippen LogP contribution in [0.5, 0.6) is 0 Å². The third kappa shape index (κ3) is 4.25. The summed E-state index contributed by atoms with van der Waals surface area (Å²) < 4.78 is 64.7. The van der Waals surface area contributed by atoms with Crippen molar-refractivity contribution in [3.05, 3.63) is 41.2 Å². The normalized spacial score (nSPS) is 14.3. The molecule has 0 aromatic carbocycles. The van der Waals surface area contributed by atoms with Crippen molar-refractivity contribution in [3.63, 3.8) is 0 Å². The number of thioether (sulfide) groups is 1. The Hall–Kier alpha value is -1.87. The van der Waals surface area contributed by atoms with Gasteiger partial charge in [-0.1, -0.05) is 30.7 Å². The van der Waals surface area contributed by atoms with Crippen LogP contribution in [0.2, 0.25) is 5.15 Å². The molecule has 0 spiro atoms. The minimum absolute atomic E-state index is 0.0634. The molecular weight excluding hydrogens is 421 g/mol. The Morgan fingerprint density at radius 2 is 1.96 bits per heavy atom. The van der Waals surface area contributed by atoms with E-state index in [1.807, 2.05) is 13.0 Å². The molecule has 150 valence electrons. The Bertz CT molecular complexity index is 901. The standard InChI is InChI=1S/C18H15ClF5N3S/c1-2-28-14-5-6-15(19)26-16(14)12-8-11-4-3-7-27(13(11)9-25-12)10-17(20,21)18(22,23)24/h3-6,8-9H,2,7,10H2,1H3. The molecule has 3 nitrogen and oxygen atoms in total. The van der Waals surface area contributed by atoms with Gasteiger partial charge in [-0.05, 0) is 24.0 Å². The highest BCUT2D eigenvalue weighted by Crippen LogP contribution is 2.39. The van der Waals surface area contributed by atoms with E-state index >= 15 is 0 Å². The largest absolute Gasteiger partial charge is 0.455 e. The van der Waals surface area contributed by atoms with Crippen LogP contribution in [0.3, 0.4) is 0 Å². The number of halogens is 6. The summed E-state index contributed by atoms with van der Waals surface area (Å²) in [6.07, 6.45) is -1.12. The number of pyridine rings is 2. The van der Waals surface area contributed by atoms with Gasteiger partial charge in [0.05, 0.1) is 24.1 Å². The van der Waals surface area contributed by atoms with Gasteiger partial charge < -0.3 is 4.90 Å². The van der Waals surface area contributed by atoms with Gasteiger partial charge >= 0.3 is 12.1 Å². The smallest absolute Gasteiger partial charge is 0.360 e. The van der Waals surface area contributed by atoms with Crippen molar-refractivity contribution in [1.29, 1.82) is 0 Å². The van der Waals surface area contributed by atoms with E-state index < -0.39 is 18.6 Å². The summed E-state index contributed by atoms with van der Waals surface area (Å²) in [5.74, 6) is -4.03. The first kappa shape index (κ1) is 20.9. The number of anilines is 1. The first-order valence-electron chi connectivity index (χ1n) is 8.28. The first-order valence-corrected chi connectivity index (χ1v) is 9.64. The van der Waals surface area contributed by atoms with E-state index in [1.165, 1.54) is 12.3 Å². The minimum atomic E-state index is -5.61. The summed E-state index contributed by atoms with van der Waals surface area (Å²) in [5.41, 5.74) is 1.70. The lowest BCUT2D eigenvalue weighted by atomic mass is 10.1. The number of hydrogen-bond donors (Lipinski definition) is 0. The summed E-state index contributed by atoms with van der Waals surface area (Å²) in [6, 6.07) is 5.08. The Kier molecular flexibility index (Phi) is 5.86. The first-order chi connectivity index (χ1) is 13.1. The van der Waals surface area contributed by atoms with Gasteiger partial charge in [-0.15, -0.1) is 11.8 Å². The van der Waals surface area contributed by atoms with Crippen molar-refractivity contribution in [3.8, 4) is 11.4 Å². The van der Waals surface area contributed by atoms with Crippen molar-refractivity contribution in [2.24, 2.45) is 0 Å². The van der Waals surface area contributed by atoms with Crippen molar-refractivity contribution < 1.29 is 22.0 Å². The molecule has 0 amide bonds. The minimum Gasteiger partial charge on any atom is -0.360 e. The van der Waals surface area contributed by atoms with E-state index in [4.69, 9.17) is 11.6 Å². The number of rotatable bonds is 5. The Labute approximate surface area is 167 Å². The maximum Gasteiger partial charge on any atom is 0.455 e. The van der Waals surface area contributed by atoms with Gasteiger partial charge in [0.15, 0.2) is 0 Å². The SMILES string of the molecule is CCSc1ccc(Cl)nc1-c1cc2c(cn1)N(CC(F)(F)C(F)(F)F)CC=C2. The third-order valence-corrected chi connectivity index (χ3v) is 5.19. The molecule has 0 radical (unpaired) electrons. The van der Waals surface area contributed by atoms with Crippen LogP contribution < -0.4 is 4.90 Å². The monoisotopic (exact) mass is 435 g/mol.